The van der Waals surface area contributed by atoms with E-state index in [9.17, 15) is 14.4 Å². The standard InChI is InChI=1S/C28H26ClF2N9O2/c1-28(2,3)27(41)37(4)15-23(38-13-19(12-34-38)17-9-10-32-24(30)11-17)21-7-5-18(14-40(21)42)25-22(39-16-33-35-36-39)8-6-20(29)26(25)31/h5-14,16,23H,15H2,1-4H3. The van der Waals surface area contributed by atoms with Crippen molar-refractivity contribution in [3.05, 3.63) is 95.2 Å². The molecule has 0 N–H and O–H groups in total. The quantitative estimate of drug-likeness (QED) is 0.157. The number of aromatic nitrogens is 8. The number of benzene rings is 1. The van der Waals surface area contributed by atoms with Crippen LogP contribution in [0.2, 0.25) is 5.02 Å². The Morgan fingerprint density at radius 3 is 2.60 bits per heavy atom. The van der Waals surface area contributed by atoms with Crippen LogP contribution in [0.15, 0.2) is 67.5 Å². The maximum absolute atomic E-state index is 15.3. The molecule has 1 amide bonds. The molecule has 14 heteroatoms. The van der Waals surface area contributed by atoms with Crippen molar-refractivity contribution < 1.29 is 18.3 Å². The molecule has 4 heterocycles. The normalized spacial score (nSPS) is 12.4. The van der Waals surface area contributed by atoms with Crippen LogP contribution in [0.3, 0.4) is 0 Å². The molecule has 5 aromatic rings. The van der Waals surface area contributed by atoms with Gasteiger partial charge in [0.05, 0.1) is 34.6 Å². The van der Waals surface area contributed by atoms with Gasteiger partial charge in [-0.15, -0.1) is 5.10 Å². The van der Waals surface area contributed by atoms with Gasteiger partial charge in [-0.1, -0.05) is 32.4 Å². The minimum atomic E-state index is -0.753. The Labute approximate surface area is 244 Å². The van der Waals surface area contributed by atoms with Crippen molar-refractivity contribution in [2.24, 2.45) is 5.41 Å². The summed E-state index contributed by atoms with van der Waals surface area (Å²) < 4.78 is 32.5. The fourth-order valence-electron chi connectivity index (χ4n) is 4.64. The van der Waals surface area contributed by atoms with E-state index in [4.69, 9.17) is 11.6 Å². The monoisotopic (exact) mass is 593 g/mol. The molecule has 4 aromatic heterocycles. The van der Waals surface area contributed by atoms with Crippen LogP contribution in [0.5, 0.6) is 0 Å². The number of halogens is 3. The minimum Gasteiger partial charge on any atom is -0.618 e. The van der Waals surface area contributed by atoms with Gasteiger partial charge >= 0.3 is 0 Å². The molecule has 5 rings (SSSR count). The molecular formula is C28H26ClF2N9O2. The molecule has 1 unspecified atom stereocenters. The van der Waals surface area contributed by atoms with Gasteiger partial charge in [0.15, 0.2) is 18.1 Å². The highest BCUT2D eigenvalue weighted by atomic mass is 35.5. The predicted molar refractivity (Wildman–Crippen MR) is 149 cm³/mol. The highest BCUT2D eigenvalue weighted by Crippen LogP contribution is 2.33. The molecule has 1 atom stereocenters. The van der Waals surface area contributed by atoms with E-state index < -0.39 is 23.2 Å². The Morgan fingerprint density at radius 1 is 1.14 bits per heavy atom. The van der Waals surface area contributed by atoms with Gasteiger partial charge in [0.2, 0.25) is 17.5 Å². The SMILES string of the molecule is CN(CC(c1ccc(-c2c(-n3cnnn3)ccc(Cl)c2F)c[n+]1[O-])n1cc(-c2ccnc(F)c2)cn1)C(=O)C(C)(C)C. The van der Waals surface area contributed by atoms with E-state index in [0.717, 1.165) is 0 Å². The van der Waals surface area contributed by atoms with Crippen LogP contribution < -0.4 is 4.73 Å². The molecule has 0 radical (unpaired) electrons. The molecule has 42 heavy (non-hydrogen) atoms. The fraction of sp³-hybridized carbons (Fsp3) is 0.250. The van der Waals surface area contributed by atoms with E-state index in [1.807, 2.05) is 0 Å². The number of nitrogens with zero attached hydrogens (tertiary/aromatic N) is 9. The van der Waals surface area contributed by atoms with Crippen LogP contribution in [0.4, 0.5) is 8.78 Å². The first-order chi connectivity index (χ1) is 19.9. The van der Waals surface area contributed by atoms with Crippen LogP contribution in [-0.2, 0) is 4.79 Å². The molecule has 0 saturated heterocycles. The van der Waals surface area contributed by atoms with Gasteiger partial charge in [-0.05, 0) is 40.3 Å². The van der Waals surface area contributed by atoms with Crippen LogP contribution in [0.1, 0.15) is 32.5 Å². The summed E-state index contributed by atoms with van der Waals surface area (Å²) >= 11 is 6.09. The zero-order chi connectivity index (χ0) is 30.2. The average Bonchev–Trinajstić information content (AvgIpc) is 3.65. The number of pyridine rings is 2. The Morgan fingerprint density at radius 2 is 1.93 bits per heavy atom. The number of hydrogen-bond donors (Lipinski definition) is 0. The van der Waals surface area contributed by atoms with E-state index in [1.165, 1.54) is 51.3 Å². The summed E-state index contributed by atoms with van der Waals surface area (Å²) in [5, 5.41) is 29.0. The molecule has 0 bridgehead atoms. The topological polar surface area (TPSA) is 122 Å². The Kier molecular flexibility index (Phi) is 7.69. The highest BCUT2D eigenvalue weighted by molar-refractivity contribution is 6.31. The second kappa shape index (κ2) is 11.2. The van der Waals surface area contributed by atoms with Crippen molar-refractivity contribution in [3.8, 4) is 27.9 Å². The first-order valence-electron chi connectivity index (χ1n) is 12.8. The lowest BCUT2D eigenvalue weighted by Crippen LogP contribution is -2.43. The first-order valence-corrected chi connectivity index (χ1v) is 13.2. The summed E-state index contributed by atoms with van der Waals surface area (Å²) in [6, 6.07) is 8.20. The maximum atomic E-state index is 15.3. The molecule has 0 aliphatic rings. The lowest BCUT2D eigenvalue weighted by molar-refractivity contribution is -0.615. The lowest BCUT2D eigenvalue weighted by Gasteiger charge is -2.29. The maximum Gasteiger partial charge on any atom is 0.227 e. The molecule has 1 aromatic carbocycles. The summed E-state index contributed by atoms with van der Waals surface area (Å²) in [5.74, 6) is -1.53. The molecule has 11 nitrogen and oxygen atoms in total. The number of rotatable bonds is 7. The van der Waals surface area contributed by atoms with Crippen molar-refractivity contribution in [2.45, 2.75) is 26.8 Å². The number of amides is 1. The van der Waals surface area contributed by atoms with E-state index in [0.29, 0.717) is 15.9 Å². The second-order valence-electron chi connectivity index (χ2n) is 10.7. The molecule has 0 spiro atoms. The third kappa shape index (κ3) is 5.68. The largest absolute Gasteiger partial charge is 0.618 e. The smallest absolute Gasteiger partial charge is 0.227 e. The average molecular weight is 594 g/mol. The molecule has 0 aliphatic carbocycles. The van der Waals surface area contributed by atoms with Gasteiger partial charge in [0, 0.05) is 42.6 Å². The zero-order valence-electron chi connectivity index (χ0n) is 23.1. The fourth-order valence-corrected chi connectivity index (χ4v) is 4.80. The number of likely N-dealkylation sites (N-methyl/N-ethyl adjacent to an activating group) is 1. The highest BCUT2D eigenvalue weighted by Gasteiger charge is 2.31. The number of tetrazole rings is 1. The summed E-state index contributed by atoms with van der Waals surface area (Å²) in [5.41, 5.74) is 1.24. The van der Waals surface area contributed by atoms with Crippen molar-refractivity contribution in [1.29, 1.82) is 0 Å². The predicted octanol–water partition coefficient (Wildman–Crippen LogP) is 4.25. The molecule has 216 valence electrons. The van der Waals surface area contributed by atoms with Gasteiger partial charge in [-0.2, -0.15) is 18.9 Å². The van der Waals surface area contributed by atoms with Gasteiger partial charge in [-0.3, -0.25) is 9.48 Å². The Balaban J connectivity index is 1.59. The first kappa shape index (κ1) is 28.7. The summed E-state index contributed by atoms with van der Waals surface area (Å²) in [6.45, 7) is 5.49. The Hall–Kier alpha value is -4.78. The van der Waals surface area contributed by atoms with Gasteiger partial charge in [0.25, 0.3) is 0 Å². The summed E-state index contributed by atoms with van der Waals surface area (Å²) in [4.78, 5) is 18.2. The molecule has 0 fully saturated rings. The van der Waals surface area contributed by atoms with Crippen molar-refractivity contribution in [1.82, 2.24) is 39.9 Å². The lowest BCUT2D eigenvalue weighted by atomic mass is 9.94. The number of hydrogen-bond acceptors (Lipinski definition) is 7. The molecule has 0 saturated carbocycles. The van der Waals surface area contributed by atoms with Crippen molar-refractivity contribution in [2.75, 3.05) is 13.6 Å². The number of carbonyl (C=O) groups excluding carboxylic acids is 1. The van der Waals surface area contributed by atoms with E-state index >= 15 is 4.39 Å². The number of carbonyl (C=O) groups is 1. The van der Waals surface area contributed by atoms with Crippen LogP contribution >= 0.6 is 11.6 Å². The van der Waals surface area contributed by atoms with Crippen LogP contribution in [0.25, 0.3) is 27.9 Å². The Bertz CT molecular complexity index is 1750. The summed E-state index contributed by atoms with van der Waals surface area (Å²) in [7, 11) is 1.65. The molecular weight excluding hydrogens is 568 g/mol. The van der Waals surface area contributed by atoms with E-state index in [2.05, 4.69) is 25.6 Å². The van der Waals surface area contributed by atoms with Crippen LogP contribution in [-0.4, -0.2) is 59.4 Å². The molecule has 0 aliphatic heterocycles. The van der Waals surface area contributed by atoms with E-state index in [1.54, 1.807) is 58.3 Å². The van der Waals surface area contributed by atoms with Crippen molar-refractivity contribution >= 4 is 17.5 Å². The zero-order valence-corrected chi connectivity index (χ0v) is 23.9. The van der Waals surface area contributed by atoms with Gasteiger partial charge in [0.1, 0.15) is 6.33 Å². The van der Waals surface area contributed by atoms with Crippen molar-refractivity contribution in [3.63, 3.8) is 0 Å². The van der Waals surface area contributed by atoms with Crippen LogP contribution in [0, 0.1) is 22.4 Å². The van der Waals surface area contributed by atoms with E-state index in [-0.39, 0.29) is 40.0 Å². The van der Waals surface area contributed by atoms with Gasteiger partial charge < -0.3 is 10.1 Å². The minimum absolute atomic E-state index is 0.0311. The third-order valence-electron chi connectivity index (χ3n) is 6.66. The summed E-state index contributed by atoms with van der Waals surface area (Å²) in [6.07, 6.45) is 7.07. The third-order valence-corrected chi connectivity index (χ3v) is 6.95. The van der Waals surface area contributed by atoms with Gasteiger partial charge in [-0.25, -0.2) is 9.37 Å². The second-order valence-corrected chi connectivity index (χ2v) is 11.1.